The zero-order chi connectivity index (χ0) is 16.6. The van der Waals surface area contributed by atoms with Crippen LogP contribution in [-0.2, 0) is 6.18 Å². The van der Waals surface area contributed by atoms with Gasteiger partial charge in [0.25, 0.3) is 6.43 Å². The summed E-state index contributed by atoms with van der Waals surface area (Å²) in [4.78, 5) is 11.2. The summed E-state index contributed by atoms with van der Waals surface area (Å²) >= 11 is 0. The summed E-state index contributed by atoms with van der Waals surface area (Å²) in [5.41, 5.74) is -6.54. The smallest absolute Gasteiger partial charge is 0.403 e. The van der Waals surface area contributed by atoms with Gasteiger partial charge in [0, 0.05) is 0 Å². The van der Waals surface area contributed by atoms with Gasteiger partial charge in [0.1, 0.15) is 11.9 Å². The van der Waals surface area contributed by atoms with E-state index in [-0.39, 0.29) is 6.20 Å². The Morgan fingerprint density at radius 1 is 1.19 bits per heavy atom. The highest BCUT2D eigenvalue weighted by Gasteiger charge is 2.47. The predicted molar refractivity (Wildman–Crippen MR) is 47.5 cm³/mol. The molecular weight excluding hydrogens is 324 g/mol. The molecule has 1 heterocycles. The van der Waals surface area contributed by atoms with Crippen molar-refractivity contribution in [3.8, 4) is 5.75 Å². The summed E-state index contributed by atoms with van der Waals surface area (Å²) in [6.07, 6.45) is -15.6. The lowest BCUT2D eigenvalue weighted by atomic mass is 10.1. The monoisotopic (exact) mass is 326 g/mol. The minimum Gasteiger partial charge on any atom is -0.403 e. The van der Waals surface area contributed by atoms with E-state index in [4.69, 9.17) is 0 Å². The number of ether oxygens (including phenoxy) is 1. The largest absolute Gasteiger partial charge is 0.573 e. The predicted octanol–water partition coefficient (Wildman–Crippen LogP) is 3.84. The second-order valence-electron chi connectivity index (χ2n) is 3.34. The first kappa shape index (κ1) is 16.8. The van der Waals surface area contributed by atoms with Crippen LogP contribution in [0.3, 0.4) is 0 Å². The fourth-order valence-electron chi connectivity index (χ4n) is 1.29. The van der Waals surface area contributed by atoms with E-state index in [1.165, 1.54) is 0 Å². The molecule has 13 heteroatoms. The number of aromatic nitrogens is 1. The second kappa shape index (κ2) is 5.29. The van der Waals surface area contributed by atoms with Crippen LogP contribution in [0.15, 0.2) is 6.20 Å². The number of pyridine rings is 1. The molecule has 0 radical (unpaired) electrons. The van der Waals surface area contributed by atoms with Crippen LogP contribution in [0.5, 0.6) is 5.75 Å². The first-order valence-corrected chi connectivity index (χ1v) is 4.63. The van der Waals surface area contributed by atoms with Crippen molar-refractivity contribution in [1.29, 1.82) is 0 Å². The molecule has 0 atom stereocenters. The fourth-order valence-corrected chi connectivity index (χ4v) is 1.29. The second-order valence-corrected chi connectivity index (χ2v) is 3.34. The van der Waals surface area contributed by atoms with Crippen LogP contribution in [0.2, 0.25) is 0 Å². The Bertz CT molecular complexity index is 554. The first-order valence-electron chi connectivity index (χ1n) is 4.63. The van der Waals surface area contributed by atoms with Crippen LogP contribution in [-0.4, -0.2) is 16.3 Å². The third-order valence-corrected chi connectivity index (χ3v) is 1.95. The Hall–Kier alpha value is -2.21. The molecule has 1 aromatic rings. The molecule has 1 rings (SSSR count). The summed E-state index contributed by atoms with van der Waals surface area (Å²) < 4.78 is 102. The van der Waals surface area contributed by atoms with E-state index in [0.717, 1.165) is 0 Å². The molecular formula is C8H2F8N2O3. The van der Waals surface area contributed by atoms with Gasteiger partial charge in [-0.15, -0.1) is 13.2 Å². The molecule has 21 heavy (non-hydrogen) atoms. The molecule has 0 unspecified atom stereocenters. The number of halogens is 8. The van der Waals surface area contributed by atoms with Gasteiger partial charge in [-0.2, -0.15) is 13.2 Å². The van der Waals surface area contributed by atoms with E-state index in [0.29, 0.717) is 0 Å². The number of hydrogen-bond donors (Lipinski definition) is 0. The Kier molecular flexibility index (Phi) is 4.24. The standard InChI is InChI=1S/C8H2F8N2O3/c9-6(10)4-5(21-8(14,15)16)3(7(11,12)13)2(1-17-4)18(19)20/h1,6H. The third-order valence-electron chi connectivity index (χ3n) is 1.95. The minimum absolute atomic E-state index is 0.215. The van der Waals surface area contributed by atoms with Crippen LogP contribution in [0.25, 0.3) is 0 Å². The molecule has 0 bridgehead atoms. The molecule has 0 amide bonds. The zero-order valence-corrected chi connectivity index (χ0v) is 9.30. The van der Waals surface area contributed by atoms with Gasteiger partial charge in [0.2, 0.25) is 0 Å². The maximum atomic E-state index is 12.7. The minimum atomic E-state index is -5.78. The highest BCUT2D eigenvalue weighted by Crippen LogP contribution is 2.46. The molecule has 5 nitrogen and oxygen atoms in total. The van der Waals surface area contributed by atoms with Crippen molar-refractivity contribution < 1.29 is 44.8 Å². The summed E-state index contributed by atoms with van der Waals surface area (Å²) in [6, 6.07) is 0. The van der Waals surface area contributed by atoms with Crippen molar-refractivity contribution >= 4 is 5.69 Å². The number of nitro groups is 1. The summed E-state index contributed by atoms with van der Waals surface area (Å²) in [6.45, 7) is 0. The molecule has 0 aliphatic carbocycles. The highest BCUT2D eigenvalue weighted by atomic mass is 19.4. The Morgan fingerprint density at radius 2 is 1.71 bits per heavy atom. The number of rotatable bonds is 3. The summed E-state index contributed by atoms with van der Waals surface area (Å²) in [5.74, 6) is -2.45. The lowest BCUT2D eigenvalue weighted by molar-refractivity contribution is -0.388. The maximum absolute atomic E-state index is 12.7. The molecule has 0 aliphatic rings. The molecule has 118 valence electrons. The van der Waals surface area contributed by atoms with Gasteiger partial charge in [0.15, 0.2) is 11.3 Å². The van der Waals surface area contributed by atoms with Crippen molar-refractivity contribution in [3.05, 3.63) is 27.6 Å². The SMILES string of the molecule is O=[N+]([O-])c1cnc(C(F)F)c(OC(F)(F)F)c1C(F)(F)F. The van der Waals surface area contributed by atoms with E-state index >= 15 is 0 Å². The van der Waals surface area contributed by atoms with Gasteiger partial charge in [-0.05, 0) is 0 Å². The summed E-state index contributed by atoms with van der Waals surface area (Å²) in [7, 11) is 0. The molecule has 0 aromatic carbocycles. The molecule has 1 aromatic heterocycles. The number of alkyl halides is 8. The Labute approximate surface area is 109 Å². The van der Waals surface area contributed by atoms with E-state index in [9.17, 15) is 45.2 Å². The molecule has 0 saturated heterocycles. The fraction of sp³-hybridized carbons (Fsp3) is 0.375. The molecule has 0 spiro atoms. The van der Waals surface area contributed by atoms with Crippen LogP contribution in [0.1, 0.15) is 17.7 Å². The van der Waals surface area contributed by atoms with Gasteiger partial charge in [-0.1, -0.05) is 0 Å². The normalized spacial score (nSPS) is 12.6. The van der Waals surface area contributed by atoms with E-state index in [2.05, 4.69) is 9.72 Å². The number of hydrogen-bond acceptors (Lipinski definition) is 4. The molecule has 0 N–H and O–H groups in total. The van der Waals surface area contributed by atoms with Gasteiger partial charge < -0.3 is 4.74 Å². The lowest BCUT2D eigenvalue weighted by Gasteiger charge is -2.17. The average molecular weight is 326 g/mol. The van der Waals surface area contributed by atoms with Crippen LogP contribution in [0, 0.1) is 10.1 Å². The topological polar surface area (TPSA) is 65.3 Å². The van der Waals surface area contributed by atoms with Gasteiger partial charge in [0.05, 0.1) is 4.92 Å². The maximum Gasteiger partial charge on any atom is 0.573 e. The van der Waals surface area contributed by atoms with Crippen molar-refractivity contribution in [2.45, 2.75) is 19.0 Å². The number of nitrogens with zero attached hydrogens (tertiary/aromatic N) is 2. The van der Waals surface area contributed by atoms with E-state index in [1.54, 1.807) is 0 Å². The van der Waals surface area contributed by atoms with Gasteiger partial charge in [-0.25, -0.2) is 13.8 Å². The highest BCUT2D eigenvalue weighted by molar-refractivity contribution is 5.52. The average Bonchev–Trinajstić information content (AvgIpc) is 2.23. The Balaban J connectivity index is 3.73. The molecule has 0 aliphatic heterocycles. The molecule has 0 saturated carbocycles. The van der Waals surface area contributed by atoms with Crippen molar-refractivity contribution in [3.63, 3.8) is 0 Å². The zero-order valence-electron chi connectivity index (χ0n) is 9.30. The van der Waals surface area contributed by atoms with Crippen LogP contribution in [0.4, 0.5) is 40.8 Å². The van der Waals surface area contributed by atoms with Crippen molar-refractivity contribution in [2.75, 3.05) is 0 Å². The van der Waals surface area contributed by atoms with E-state index in [1.807, 2.05) is 0 Å². The van der Waals surface area contributed by atoms with Crippen molar-refractivity contribution in [2.24, 2.45) is 0 Å². The lowest BCUT2D eigenvalue weighted by Crippen LogP contribution is -2.23. The van der Waals surface area contributed by atoms with E-state index < -0.39 is 46.6 Å². The Morgan fingerprint density at radius 3 is 2.05 bits per heavy atom. The quantitative estimate of drug-likeness (QED) is 0.481. The third kappa shape index (κ3) is 3.88. The molecule has 0 fully saturated rings. The van der Waals surface area contributed by atoms with Gasteiger partial charge in [-0.3, -0.25) is 10.1 Å². The summed E-state index contributed by atoms with van der Waals surface area (Å²) in [5, 5.41) is 10.4. The van der Waals surface area contributed by atoms with Gasteiger partial charge >= 0.3 is 18.2 Å². The van der Waals surface area contributed by atoms with Crippen LogP contribution < -0.4 is 4.74 Å². The van der Waals surface area contributed by atoms with Crippen molar-refractivity contribution in [1.82, 2.24) is 4.98 Å². The first-order chi connectivity index (χ1) is 9.34. The van der Waals surface area contributed by atoms with Crippen LogP contribution >= 0.6 is 0 Å².